The normalized spacial score (nSPS) is 11.0. The Labute approximate surface area is 203 Å². The fourth-order valence-electron chi connectivity index (χ4n) is 3.71. The molecule has 0 radical (unpaired) electrons. The molecule has 0 bridgehead atoms. The summed E-state index contributed by atoms with van der Waals surface area (Å²) in [6.07, 6.45) is 3.61. The summed E-state index contributed by atoms with van der Waals surface area (Å²) in [6.45, 7) is 0. The zero-order chi connectivity index (χ0) is 22.0. The van der Waals surface area contributed by atoms with E-state index >= 15 is 0 Å². The van der Waals surface area contributed by atoms with Crippen LogP contribution in [0.15, 0.2) is 102 Å². The third kappa shape index (κ3) is 4.04. The van der Waals surface area contributed by atoms with Crippen LogP contribution in [0.3, 0.4) is 0 Å². The Balaban J connectivity index is 1.59. The summed E-state index contributed by atoms with van der Waals surface area (Å²) in [5.41, 5.74) is 5.71. The van der Waals surface area contributed by atoms with Gasteiger partial charge in [0.05, 0.1) is 27.7 Å². The molecule has 0 aliphatic rings. The summed E-state index contributed by atoms with van der Waals surface area (Å²) in [6, 6.07) is 27.0. The molecule has 0 unspecified atom stereocenters. The molecule has 0 saturated carbocycles. The predicted octanol–water partition coefficient (Wildman–Crippen LogP) is 8.39. The van der Waals surface area contributed by atoms with E-state index in [1.165, 1.54) is 25.1 Å². The Morgan fingerprint density at radius 2 is 1.18 bits per heavy atom. The highest BCUT2D eigenvalue weighted by Crippen LogP contribution is 2.46. The second-order valence-corrected chi connectivity index (χ2v) is 10.3. The maximum absolute atomic E-state index is 4.93. The zero-order valence-corrected chi connectivity index (χ0v) is 19.8. The van der Waals surface area contributed by atoms with E-state index in [2.05, 4.69) is 63.2 Å². The summed E-state index contributed by atoms with van der Waals surface area (Å²) in [5, 5.41) is 4.26. The average molecular weight is 480 g/mol. The van der Waals surface area contributed by atoms with Crippen LogP contribution in [0.4, 0.5) is 0 Å². The second-order valence-electron chi connectivity index (χ2n) is 7.36. The van der Waals surface area contributed by atoms with Gasteiger partial charge in [-0.05, 0) is 70.9 Å². The van der Waals surface area contributed by atoms with Crippen molar-refractivity contribution in [2.45, 2.75) is 0 Å². The Hall–Kier alpha value is -3.45. The van der Waals surface area contributed by atoms with Crippen LogP contribution >= 0.6 is 34.0 Å². The molecular formula is C27H17N3S3. The molecule has 0 aromatic carbocycles. The molecule has 6 rings (SSSR count). The van der Waals surface area contributed by atoms with Gasteiger partial charge in [0.15, 0.2) is 0 Å². The van der Waals surface area contributed by atoms with E-state index in [-0.39, 0.29) is 0 Å². The Morgan fingerprint density at radius 1 is 0.545 bits per heavy atom. The molecule has 0 aliphatic carbocycles. The first-order valence-electron chi connectivity index (χ1n) is 10.4. The SMILES string of the molecule is c1ccc(-c2cc(-c3cc(-c4cccs4)sc3-c3cccs3)cc(-c3ccccn3)n2)nc1. The lowest BCUT2D eigenvalue weighted by atomic mass is 10.0. The summed E-state index contributed by atoms with van der Waals surface area (Å²) in [7, 11) is 0. The first-order valence-corrected chi connectivity index (χ1v) is 13.0. The minimum absolute atomic E-state index is 0.842. The molecule has 0 amide bonds. The predicted molar refractivity (Wildman–Crippen MR) is 141 cm³/mol. The maximum atomic E-state index is 4.93. The lowest BCUT2D eigenvalue weighted by molar-refractivity contribution is 1.22. The van der Waals surface area contributed by atoms with Gasteiger partial charge in [0.25, 0.3) is 0 Å². The van der Waals surface area contributed by atoms with Crippen LogP contribution < -0.4 is 0 Å². The molecule has 6 aromatic heterocycles. The molecule has 6 aromatic rings. The lowest BCUT2D eigenvalue weighted by Gasteiger charge is -2.09. The van der Waals surface area contributed by atoms with Gasteiger partial charge < -0.3 is 0 Å². The van der Waals surface area contributed by atoms with E-state index in [0.717, 1.165) is 28.3 Å². The fourth-order valence-corrected chi connectivity index (χ4v) is 6.59. The minimum Gasteiger partial charge on any atom is -0.255 e. The number of hydrogen-bond donors (Lipinski definition) is 0. The number of nitrogens with zero attached hydrogens (tertiary/aromatic N) is 3. The lowest BCUT2D eigenvalue weighted by Crippen LogP contribution is -1.93. The fraction of sp³-hybridized carbons (Fsp3) is 0. The first-order chi connectivity index (χ1) is 16.3. The van der Waals surface area contributed by atoms with Crippen LogP contribution in [0.1, 0.15) is 0 Å². The summed E-state index contributed by atoms with van der Waals surface area (Å²) in [4.78, 5) is 19.2. The molecule has 33 heavy (non-hydrogen) atoms. The molecule has 0 atom stereocenters. The van der Waals surface area contributed by atoms with Gasteiger partial charge in [-0.15, -0.1) is 34.0 Å². The molecule has 3 nitrogen and oxygen atoms in total. The van der Waals surface area contributed by atoms with Crippen molar-refractivity contribution in [3.8, 4) is 53.4 Å². The average Bonchev–Trinajstić information content (AvgIpc) is 3.66. The van der Waals surface area contributed by atoms with Crippen molar-refractivity contribution in [1.29, 1.82) is 0 Å². The van der Waals surface area contributed by atoms with Crippen LogP contribution in [0.2, 0.25) is 0 Å². The monoisotopic (exact) mass is 479 g/mol. The van der Waals surface area contributed by atoms with E-state index in [1.807, 2.05) is 47.7 Å². The van der Waals surface area contributed by atoms with Gasteiger partial charge in [0, 0.05) is 32.6 Å². The number of pyridine rings is 3. The number of aromatic nitrogens is 3. The molecule has 0 fully saturated rings. The van der Waals surface area contributed by atoms with Gasteiger partial charge in [0.1, 0.15) is 0 Å². The summed E-state index contributed by atoms with van der Waals surface area (Å²) >= 11 is 5.38. The first kappa shape index (κ1) is 20.2. The van der Waals surface area contributed by atoms with Gasteiger partial charge in [-0.3, -0.25) is 9.97 Å². The van der Waals surface area contributed by atoms with Crippen LogP contribution in [-0.2, 0) is 0 Å². The minimum atomic E-state index is 0.842. The van der Waals surface area contributed by atoms with Gasteiger partial charge >= 0.3 is 0 Å². The van der Waals surface area contributed by atoms with Crippen molar-refractivity contribution >= 4 is 34.0 Å². The molecular weight excluding hydrogens is 463 g/mol. The van der Waals surface area contributed by atoms with Crippen LogP contribution in [0.5, 0.6) is 0 Å². The highest BCUT2D eigenvalue weighted by Gasteiger charge is 2.18. The van der Waals surface area contributed by atoms with Crippen molar-refractivity contribution in [3.05, 3.63) is 102 Å². The van der Waals surface area contributed by atoms with Crippen LogP contribution in [0, 0.1) is 0 Å². The molecule has 0 N–H and O–H groups in total. The summed E-state index contributed by atoms with van der Waals surface area (Å²) in [5.74, 6) is 0. The van der Waals surface area contributed by atoms with Crippen molar-refractivity contribution in [2.75, 3.05) is 0 Å². The van der Waals surface area contributed by atoms with E-state index in [4.69, 9.17) is 4.98 Å². The Bertz CT molecular complexity index is 1430. The largest absolute Gasteiger partial charge is 0.255 e. The van der Waals surface area contributed by atoms with E-state index < -0.39 is 0 Å². The molecule has 0 saturated heterocycles. The third-order valence-corrected chi connectivity index (χ3v) is 8.48. The molecule has 6 heterocycles. The smallest absolute Gasteiger partial charge is 0.0900 e. The Kier molecular flexibility index (Phi) is 5.40. The zero-order valence-electron chi connectivity index (χ0n) is 17.4. The highest BCUT2D eigenvalue weighted by molar-refractivity contribution is 7.26. The number of rotatable bonds is 5. The van der Waals surface area contributed by atoms with Crippen LogP contribution in [-0.4, -0.2) is 15.0 Å². The third-order valence-electron chi connectivity index (χ3n) is 5.23. The standard InChI is InChI=1S/C27H17N3S3/c1-3-11-28-20(7-1)22-15-18(16-23(30-22)21-8-2-4-12-29-21)19-17-26(24-9-5-13-31-24)33-27(19)25-10-6-14-32-25/h1-17H. The quantitative estimate of drug-likeness (QED) is 0.249. The van der Waals surface area contributed by atoms with E-state index in [1.54, 1.807) is 35.1 Å². The van der Waals surface area contributed by atoms with E-state index in [0.29, 0.717) is 0 Å². The van der Waals surface area contributed by atoms with Gasteiger partial charge in [0.2, 0.25) is 0 Å². The van der Waals surface area contributed by atoms with Crippen molar-refractivity contribution in [2.24, 2.45) is 0 Å². The van der Waals surface area contributed by atoms with Crippen LogP contribution in [0.25, 0.3) is 53.4 Å². The van der Waals surface area contributed by atoms with Crippen molar-refractivity contribution in [3.63, 3.8) is 0 Å². The molecule has 0 aliphatic heterocycles. The summed E-state index contributed by atoms with van der Waals surface area (Å²) < 4.78 is 0. The van der Waals surface area contributed by atoms with Gasteiger partial charge in [-0.25, -0.2) is 4.98 Å². The highest BCUT2D eigenvalue weighted by atomic mass is 32.1. The number of thiophene rings is 3. The molecule has 158 valence electrons. The van der Waals surface area contributed by atoms with E-state index in [9.17, 15) is 0 Å². The Morgan fingerprint density at radius 3 is 1.73 bits per heavy atom. The topological polar surface area (TPSA) is 38.7 Å². The van der Waals surface area contributed by atoms with Crippen molar-refractivity contribution in [1.82, 2.24) is 15.0 Å². The van der Waals surface area contributed by atoms with Crippen molar-refractivity contribution < 1.29 is 0 Å². The van der Waals surface area contributed by atoms with Gasteiger partial charge in [-0.1, -0.05) is 24.3 Å². The van der Waals surface area contributed by atoms with Gasteiger partial charge in [-0.2, -0.15) is 0 Å². The maximum Gasteiger partial charge on any atom is 0.0900 e. The molecule has 6 heteroatoms. The molecule has 0 spiro atoms. The second kappa shape index (κ2) is 8.83. The number of hydrogen-bond acceptors (Lipinski definition) is 6.